The average Bonchev–Trinajstić information content (AvgIpc) is 2.50. The minimum absolute atomic E-state index is 0.869. The zero-order chi connectivity index (χ0) is 11.0. The van der Waals surface area contributed by atoms with Crippen LogP contribution in [0.25, 0.3) is 5.82 Å². The van der Waals surface area contributed by atoms with Crippen LogP contribution in [-0.4, -0.2) is 19.7 Å². The zero-order valence-corrected chi connectivity index (χ0v) is 9.44. The van der Waals surface area contributed by atoms with Gasteiger partial charge in [0.05, 0.1) is 5.69 Å². The molecule has 4 nitrogen and oxygen atoms in total. The highest BCUT2D eigenvalue weighted by Crippen LogP contribution is 2.14. The van der Waals surface area contributed by atoms with Gasteiger partial charge in [0, 0.05) is 17.0 Å². The molecular formula is C11H14N4. The summed E-state index contributed by atoms with van der Waals surface area (Å²) in [4.78, 5) is 8.42. The van der Waals surface area contributed by atoms with E-state index in [0.717, 1.165) is 28.5 Å². The lowest BCUT2D eigenvalue weighted by Crippen LogP contribution is -2.06. The zero-order valence-electron chi connectivity index (χ0n) is 9.44. The van der Waals surface area contributed by atoms with Crippen molar-refractivity contribution in [2.45, 2.75) is 27.7 Å². The Morgan fingerprint density at radius 2 is 1.80 bits per heavy atom. The predicted octanol–water partition coefficient (Wildman–Crippen LogP) is 1.90. The SMILES string of the molecule is Cc1cc(C)n(-c2ncnc(C)c2C)n1. The molecule has 2 aromatic rings. The summed E-state index contributed by atoms with van der Waals surface area (Å²) in [5.41, 5.74) is 4.16. The number of nitrogens with zero attached hydrogens (tertiary/aromatic N) is 4. The van der Waals surface area contributed by atoms with Crippen LogP contribution in [0.1, 0.15) is 22.6 Å². The van der Waals surface area contributed by atoms with Gasteiger partial charge in [-0.25, -0.2) is 14.6 Å². The first-order valence-electron chi connectivity index (χ1n) is 4.91. The first-order chi connectivity index (χ1) is 7.09. The normalized spacial score (nSPS) is 10.7. The van der Waals surface area contributed by atoms with E-state index in [4.69, 9.17) is 0 Å². The lowest BCUT2D eigenvalue weighted by molar-refractivity contribution is 0.788. The summed E-state index contributed by atoms with van der Waals surface area (Å²) in [6, 6.07) is 2.04. The molecule has 0 saturated carbocycles. The van der Waals surface area contributed by atoms with Gasteiger partial charge in [-0.1, -0.05) is 0 Å². The Balaban J connectivity index is 2.64. The summed E-state index contributed by atoms with van der Waals surface area (Å²) in [7, 11) is 0. The molecule has 0 aliphatic rings. The molecule has 0 N–H and O–H groups in total. The summed E-state index contributed by atoms with van der Waals surface area (Å²) < 4.78 is 1.86. The van der Waals surface area contributed by atoms with Gasteiger partial charge >= 0.3 is 0 Å². The number of aryl methyl sites for hydroxylation is 3. The van der Waals surface area contributed by atoms with Crippen molar-refractivity contribution < 1.29 is 0 Å². The molecule has 0 aliphatic carbocycles. The van der Waals surface area contributed by atoms with E-state index < -0.39 is 0 Å². The predicted molar refractivity (Wildman–Crippen MR) is 58.1 cm³/mol. The Bertz CT molecular complexity index is 499. The van der Waals surface area contributed by atoms with E-state index in [1.165, 1.54) is 0 Å². The quantitative estimate of drug-likeness (QED) is 0.709. The molecular weight excluding hydrogens is 188 g/mol. The van der Waals surface area contributed by atoms with E-state index >= 15 is 0 Å². The fraction of sp³-hybridized carbons (Fsp3) is 0.364. The Morgan fingerprint density at radius 1 is 1.07 bits per heavy atom. The molecule has 2 aromatic heterocycles. The fourth-order valence-corrected chi connectivity index (χ4v) is 1.58. The molecule has 0 bridgehead atoms. The molecule has 0 unspecified atom stereocenters. The Morgan fingerprint density at radius 3 is 2.40 bits per heavy atom. The molecule has 0 spiro atoms. The Hall–Kier alpha value is -1.71. The molecule has 15 heavy (non-hydrogen) atoms. The number of rotatable bonds is 1. The maximum Gasteiger partial charge on any atom is 0.160 e. The molecule has 78 valence electrons. The minimum atomic E-state index is 0.869. The van der Waals surface area contributed by atoms with Crippen LogP contribution in [0.2, 0.25) is 0 Å². The van der Waals surface area contributed by atoms with Crippen LogP contribution in [0.5, 0.6) is 0 Å². The number of hydrogen-bond acceptors (Lipinski definition) is 3. The van der Waals surface area contributed by atoms with E-state index in [9.17, 15) is 0 Å². The van der Waals surface area contributed by atoms with Gasteiger partial charge < -0.3 is 0 Å². The summed E-state index contributed by atoms with van der Waals surface area (Å²) in [6.07, 6.45) is 1.58. The number of aromatic nitrogens is 4. The smallest absolute Gasteiger partial charge is 0.160 e. The average molecular weight is 202 g/mol. The van der Waals surface area contributed by atoms with Crippen LogP contribution in [0.4, 0.5) is 0 Å². The van der Waals surface area contributed by atoms with Crippen molar-refractivity contribution in [3.05, 3.63) is 35.0 Å². The van der Waals surface area contributed by atoms with Gasteiger partial charge in [-0.15, -0.1) is 0 Å². The van der Waals surface area contributed by atoms with Gasteiger partial charge in [0.15, 0.2) is 5.82 Å². The summed E-state index contributed by atoms with van der Waals surface area (Å²) in [5, 5.41) is 4.41. The molecule has 0 aromatic carbocycles. The number of hydrogen-bond donors (Lipinski definition) is 0. The van der Waals surface area contributed by atoms with Crippen LogP contribution in [0, 0.1) is 27.7 Å². The van der Waals surface area contributed by atoms with Crippen molar-refractivity contribution in [2.75, 3.05) is 0 Å². The lowest BCUT2D eigenvalue weighted by Gasteiger charge is -2.07. The molecule has 0 amide bonds. The van der Waals surface area contributed by atoms with Crippen molar-refractivity contribution in [3.63, 3.8) is 0 Å². The van der Waals surface area contributed by atoms with Gasteiger partial charge in [-0.05, 0) is 33.8 Å². The molecule has 4 heteroatoms. The third kappa shape index (κ3) is 1.63. The van der Waals surface area contributed by atoms with E-state index in [0.29, 0.717) is 0 Å². The van der Waals surface area contributed by atoms with Crippen molar-refractivity contribution >= 4 is 0 Å². The highest BCUT2D eigenvalue weighted by Gasteiger charge is 2.09. The van der Waals surface area contributed by atoms with Crippen molar-refractivity contribution in [2.24, 2.45) is 0 Å². The maximum absolute atomic E-state index is 4.41. The first-order valence-corrected chi connectivity index (χ1v) is 4.91. The molecule has 0 aliphatic heterocycles. The summed E-state index contributed by atoms with van der Waals surface area (Å²) in [5.74, 6) is 0.869. The molecule has 0 fully saturated rings. The molecule has 2 heterocycles. The molecule has 2 rings (SSSR count). The van der Waals surface area contributed by atoms with E-state index in [1.807, 2.05) is 38.4 Å². The Labute approximate surface area is 89.0 Å². The van der Waals surface area contributed by atoms with Gasteiger partial charge in [0.2, 0.25) is 0 Å². The van der Waals surface area contributed by atoms with Crippen molar-refractivity contribution in [3.8, 4) is 5.82 Å². The Kier molecular flexibility index (Phi) is 2.26. The third-order valence-electron chi connectivity index (χ3n) is 2.52. The molecule has 0 saturated heterocycles. The van der Waals surface area contributed by atoms with E-state index in [2.05, 4.69) is 15.1 Å². The topological polar surface area (TPSA) is 43.6 Å². The maximum atomic E-state index is 4.41. The van der Waals surface area contributed by atoms with Gasteiger partial charge in [0.25, 0.3) is 0 Å². The standard InChI is InChI=1S/C11H14N4/c1-7-5-8(2)15(14-7)11-9(3)10(4)12-6-13-11/h5-6H,1-4H3. The second-order valence-corrected chi connectivity index (χ2v) is 3.75. The van der Waals surface area contributed by atoms with Gasteiger partial charge in [-0.2, -0.15) is 5.10 Å². The first kappa shape index (κ1) is 9.83. The van der Waals surface area contributed by atoms with Gasteiger partial charge in [-0.3, -0.25) is 0 Å². The lowest BCUT2D eigenvalue weighted by atomic mass is 10.2. The van der Waals surface area contributed by atoms with E-state index in [1.54, 1.807) is 6.33 Å². The summed E-state index contributed by atoms with van der Waals surface area (Å²) >= 11 is 0. The largest absolute Gasteiger partial charge is 0.241 e. The monoisotopic (exact) mass is 202 g/mol. The second kappa shape index (κ2) is 3.46. The van der Waals surface area contributed by atoms with Crippen molar-refractivity contribution in [1.29, 1.82) is 0 Å². The highest BCUT2D eigenvalue weighted by molar-refractivity contribution is 5.35. The van der Waals surface area contributed by atoms with Crippen LogP contribution in [-0.2, 0) is 0 Å². The highest BCUT2D eigenvalue weighted by atomic mass is 15.3. The summed E-state index contributed by atoms with van der Waals surface area (Å²) in [6.45, 7) is 8.00. The van der Waals surface area contributed by atoms with Crippen LogP contribution in [0.15, 0.2) is 12.4 Å². The van der Waals surface area contributed by atoms with Crippen LogP contribution < -0.4 is 0 Å². The minimum Gasteiger partial charge on any atom is -0.241 e. The fourth-order valence-electron chi connectivity index (χ4n) is 1.58. The molecule has 0 radical (unpaired) electrons. The van der Waals surface area contributed by atoms with Gasteiger partial charge in [0.1, 0.15) is 6.33 Å². The van der Waals surface area contributed by atoms with Crippen LogP contribution in [0.3, 0.4) is 0 Å². The van der Waals surface area contributed by atoms with Crippen LogP contribution >= 0.6 is 0 Å². The van der Waals surface area contributed by atoms with E-state index in [-0.39, 0.29) is 0 Å². The van der Waals surface area contributed by atoms with Crippen molar-refractivity contribution in [1.82, 2.24) is 19.7 Å². The molecule has 0 atom stereocenters. The second-order valence-electron chi connectivity index (χ2n) is 3.75. The third-order valence-corrected chi connectivity index (χ3v) is 2.52.